The highest BCUT2D eigenvalue weighted by Gasteiger charge is 2.40. The molecule has 1 fully saturated rings. The van der Waals surface area contributed by atoms with Crippen LogP contribution in [0.2, 0.25) is 0 Å². The van der Waals surface area contributed by atoms with Crippen LogP contribution in [-0.4, -0.2) is 17.0 Å². The lowest BCUT2D eigenvalue weighted by atomic mass is 9.82. The molecule has 1 N–H and O–H groups in total. The monoisotopic (exact) mass is 236 g/mol. The maximum Gasteiger partial charge on any atom is 0.0581 e. The molecule has 88 valence electrons. The van der Waals surface area contributed by atoms with Crippen LogP contribution in [0.1, 0.15) is 26.7 Å². The van der Waals surface area contributed by atoms with Gasteiger partial charge < -0.3 is 5.11 Å². The van der Waals surface area contributed by atoms with Crippen LogP contribution in [0.5, 0.6) is 0 Å². The molecule has 16 heavy (non-hydrogen) atoms. The number of thioether (sulfide) groups is 1. The van der Waals surface area contributed by atoms with Crippen molar-refractivity contribution < 1.29 is 5.11 Å². The van der Waals surface area contributed by atoms with Crippen LogP contribution in [0.25, 0.3) is 0 Å². The van der Waals surface area contributed by atoms with Gasteiger partial charge in [-0.15, -0.1) is 11.8 Å². The third-order valence-corrected chi connectivity index (χ3v) is 4.86. The molecule has 1 aliphatic rings. The zero-order chi connectivity index (χ0) is 11.6. The number of hydrogen-bond acceptors (Lipinski definition) is 2. The number of aliphatic hydroxyl groups is 1. The van der Waals surface area contributed by atoms with E-state index in [1.807, 2.05) is 17.8 Å². The summed E-state index contributed by atoms with van der Waals surface area (Å²) in [7, 11) is 0. The Kier molecular flexibility index (Phi) is 3.60. The van der Waals surface area contributed by atoms with Gasteiger partial charge in [-0.05, 0) is 36.3 Å². The van der Waals surface area contributed by atoms with E-state index in [1.165, 1.54) is 4.90 Å². The molecule has 1 aromatic rings. The average Bonchev–Trinajstić information content (AvgIpc) is 2.52. The Morgan fingerprint density at radius 2 is 2.00 bits per heavy atom. The summed E-state index contributed by atoms with van der Waals surface area (Å²) < 4.78 is 0. The summed E-state index contributed by atoms with van der Waals surface area (Å²) in [4.78, 5) is 1.30. The number of benzene rings is 1. The predicted molar refractivity (Wildman–Crippen MR) is 69.7 cm³/mol. The fourth-order valence-electron chi connectivity index (χ4n) is 2.47. The van der Waals surface area contributed by atoms with Crippen molar-refractivity contribution in [3.8, 4) is 0 Å². The van der Waals surface area contributed by atoms with E-state index >= 15 is 0 Å². The second-order valence-electron chi connectivity index (χ2n) is 5.33. The summed E-state index contributed by atoms with van der Waals surface area (Å²) in [6.07, 6.45) is 2.01. The van der Waals surface area contributed by atoms with Crippen LogP contribution in [0.15, 0.2) is 35.2 Å². The van der Waals surface area contributed by atoms with Gasteiger partial charge in [-0.2, -0.15) is 0 Å². The molecule has 0 aliphatic heterocycles. The van der Waals surface area contributed by atoms with Crippen molar-refractivity contribution in [3.05, 3.63) is 30.3 Å². The van der Waals surface area contributed by atoms with E-state index in [0.717, 1.165) is 18.6 Å². The van der Waals surface area contributed by atoms with E-state index in [9.17, 15) is 5.11 Å². The molecule has 1 nitrogen and oxygen atoms in total. The van der Waals surface area contributed by atoms with E-state index in [2.05, 4.69) is 38.1 Å². The smallest absolute Gasteiger partial charge is 0.0581 e. The molecule has 2 atom stereocenters. The van der Waals surface area contributed by atoms with Crippen molar-refractivity contribution in [2.75, 3.05) is 5.75 Å². The zero-order valence-electron chi connectivity index (χ0n) is 10.0. The van der Waals surface area contributed by atoms with Gasteiger partial charge in [0, 0.05) is 10.6 Å². The van der Waals surface area contributed by atoms with E-state index in [4.69, 9.17) is 0 Å². The van der Waals surface area contributed by atoms with Gasteiger partial charge >= 0.3 is 0 Å². The lowest BCUT2D eigenvalue weighted by molar-refractivity contribution is 0.108. The maximum atomic E-state index is 9.99. The van der Waals surface area contributed by atoms with Gasteiger partial charge in [0.15, 0.2) is 0 Å². The Morgan fingerprint density at radius 3 is 2.56 bits per heavy atom. The van der Waals surface area contributed by atoms with E-state index in [1.54, 1.807) is 0 Å². The first-order chi connectivity index (χ1) is 7.59. The van der Waals surface area contributed by atoms with Crippen LogP contribution in [0.3, 0.4) is 0 Å². The van der Waals surface area contributed by atoms with Gasteiger partial charge in [0.1, 0.15) is 0 Å². The second kappa shape index (κ2) is 4.80. The largest absolute Gasteiger partial charge is 0.393 e. The second-order valence-corrected chi connectivity index (χ2v) is 6.42. The van der Waals surface area contributed by atoms with Gasteiger partial charge in [-0.25, -0.2) is 0 Å². The molecule has 0 saturated heterocycles. The highest BCUT2D eigenvalue weighted by Crippen LogP contribution is 2.44. The molecule has 0 bridgehead atoms. The molecule has 1 aliphatic carbocycles. The summed E-state index contributed by atoms with van der Waals surface area (Å²) in [6.45, 7) is 4.55. The van der Waals surface area contributed by atoms with Crippen LogP contribution >= 0.6 is 11.8 Å². The minimum absolute atomic E-state index is 0.105. The minimum Gasteiger partial charge on any atom is -0.393 e. The van der Waals surface area contributed by atoms with Crippen molar-refractivity contribution in [1.82, 2.24) is 0 Å². The highest BCUT2D eigenvalue weighted by atomic mass is 32.2. The van der Waals surface area contributed by atoms with Crippen molar-refractivity contribution in [2.24, 2.45) is 11.3 Å². The van der Waals surface area contributed by atoms with E-state index in [0.29, 0.717) is 11.3 Å². The Bertz CT molecular complexity index is 334. The quantitative estimate of drug-likeness (QED) is 0.810. The fraction of sp³-hybridized carbons (Fsp3) is 0.571. The average molecular weight is 236 g/mol. The molecule has 0 unspecified atom stereocenters. The van der Waals surface area contributed by atoms with Crippen LogP contribution in [-0.2, 0) is 0 Å². The van der Waals surface area contributed by atoms with E-state index < -0.39 is 0 Å². The molecule has 0 spiro atoms. The lowest BCUT2D eigenvalue weighted by Crippen LogP contribution is -2.27. The summed E-state index contributed by atoms with van der Waals surface area (Å²) in [5.74, 6) is 1.45. The molecule has 0 radical (unpaired) electrons. The van der Waals surface area contributed by atoms with Gasteiger partial charge in [-0.3, -0.25) is 0 Å². The normalized spacial score (nSPS) is 28.2. The lowest BCUT2D eigenvalue weighted by Gasteiger charge is -2.28. The SMILES string of the molecule is CC1(C)CC[C@@H](O)[C@@H]1CSc1ccccc1. The fourth-order valence-corrected chi connectivity index (χ4v) is 3.86. The summed E-state index contributed by atoms with van der Waals surface area (Å²) in [5.41, 5.74) is 0.293. The van der Waals surface area contributed by atoms with E-state index in [-0.39, 0.29) is 6.10 Å². The maximum absolute atomic E-state index is 9.99. The summed E-state index contributed by atoms with van der Waals surface area (Å²) >= 11 is 1.86. The van der Waals surface area contributed by atoms with Crippen molar-refractivity contribution in [3.63, 3.8) is 0 Å². The van der Waals surface area contributed by atoms with Crippen LogP contribution < -0.4 is 0 Å². The molecular weight excluding hydrogens is 216 g/mol. The van der Waals surface area contributed by atoms with Gasteiger partial charge in [0.25, 0.3) is 0 Å². The standard InChI is InChI=1S/C14H20OS/c1-14(2)9-8-13(15)12(14)10-16-11-6-4-3-5-7-11/h3-7,12-13,15H,8-10H2,1-2H3/t12-,13+/m0/s1. The topological polar surface area (TPSA) is 20.2 Å². The van der Waals surface area contributed by atoms with Crippen molar-refractivity contribution >= 4 is 11.8 Å². The Labute approximate surface area is 102 Å². The van der Waals surface area contributed by atoms with Crippen LogP contribution in [0, 0.1) is 11.3 Å². The Hall–Kier alpha value is -0.470. The molecular formula is C14H20OS. The molecule has 2 rings (SSSR count). The zero-order valence-corrected chi connectivity index (χ0v) is 10.8. The third-order valence-electron chi connectivity index (χ3n) is 3.73. The molecule has 0 heterocycles. The molecule has 0 aromatic heterocycles. The van der Waals surface area contributed by atoms with Crippen molar-refractivity contribution in [1.29, 1.82) is 0 Å². The first-order valence-corrected chi connectivity index (χ1v) is 6.94. The van der Waals surface area contributed by atoms with Gasteiger partial charge in [0.05, 0.1) is 6.10 Å². The van der Waals surface area contributed by atoms with Crippen LogP contribution in [0.4, 0.5) is 0 Å². The summed E-state index contributed by atoms with van der Waals surface area (Å²) in [6, 6.07) is 10.5. The molecule has 0 amide bonds. The Morgan fingerprint density at radius 1 is 1.31 bits per heavy atom. The summed E-state index contributed by atoms with van der Waals surface area (Å²) in [5, 5.41) is 9.99. The van der Waals surface area contributed by atoms with Gasteiger partial charge in [-0.1, -0.05) is 32.0 Å². The molecule has 1 saturated carbocycles. The minimum atomic E-state index is -0.105. The number of aliphatic hydroxyl groups excluding tert-OH is 1. The molecule has 1 aromatic carbocycles. The van der Waals surface area contributed by atoms with Gasteiger partial charge in [0.2, 0.25) is 0 Å². The first kappa shape index (κ1) is 12.0. The predicted octanol–water partition coefficient (Wildman–Crippen LogP) is 3.58. The molecule has 2 heteroatoms. The van der Waals surface area contributed by atoms with Crippen molar-refractivity contribution in [2.45, 2.75) is 37.7 Å². The Balaban J connectivity index is 1.95. The number of hydrogen-bond donors (Lipinski definition) is 1. The number of rotatable bonds is 3. The first-order valence-electron chi connectivity index (χ1n) is 5.95. The third kappa shape index (κ3) is 2.61. The highest BCUT2D eigenvalue weighted by molar-refractivity contribution is 7.99.